The first-order valence-electron chi connectivity index (χ1n) is 15.5. The second kappa shape index (κ2) is 12.0. The summed E-state index contributed by atoms with van der Waals surface area (Å²) in [6.45, 7) is 5.94. The maximum Gasteiger partial charge on any atom is 0.415 e. The molecule has 1 saturated heterocycles. The Morgan fingerprint density at radius 3 is 2.09 bits per heavy atom. The number of anilines is 1. The molecule has 0 aromatic heterocycles. The first kappa shape index (κ1) is 30.4. The van der Waals surface area contributed by atoms with Crippen molar-refractivity contribution in [3.8, 4) is 0 Å². The van der Waals surface area contributed by atoms with E-state index >= 15 is 0 Å². The van der Waals surface area contributed by atoms with Crippen molar-refractivity contribution in [2.45, 2.75) is 82.6 Å². The molecule has 3 aliphatic rings. The summed E-state index contributed by atoms with van der Waals surface area (Å²) < 4.78 is 5.75. The molecule has 4 atom stereocenters. The molecule has 0 bridgehead atoms. The van der Waals surface area contributed by atoms with Crippen molar-refractivity contribution < 1.29 is 29.0 Å². The van der Waals surface area contributed by atoms with E-state index in [1.54, 1.807) is 30.6 Å². The Morgan fingerprint density at radius 2 is 1.40 bits per heavy atom. The van der Waals surface area contributed by atoms with Crippen LogP contribution in [0.15, 0.2) is 78.9 Å². The molecule has 0 radical (unpaired) electrons. The summed E-state index contributed by atoms with van der Waals surface area (Å²) in [4.78, 5) is 59.4. The Kier molecular flexibility index (Phi) is 8.12. The fourth-order valence-electron chi connectivity index (χ4n) is 7.01. The summed E-state index contributed by atoms with van der Waals surface area (Å²) in [7, 11) is 0. The number of amides is 3. The molecular formula is C36H39N3O6. The van der Waals surface area contributed by atoms with E-state index in [1.165, 1.54) is 4.90 Å². The van der Waals surface area contributed by atoms with Gasteiger partial charge < -0.3 is 19.6 Å². The molecule has 6 rings (SSSR count). The van der Waals surface area contributed by atoms with Gasteiger partial charge in [-0.3, -0.25) is 19.3 Å². The fraction of sp³-hybridized carbons (Fsp3) is 0.389. The Morgan fingerprint density at radius 1 is 0.778 bits per heavy atom. The van der Waals surface area contributed by atoms with Crippen LogP contribution in [-0.2, 0) is 38.5 Å². The highest BCUT2D eigenvalue weighted by molar-refractivity contribution is 6.02. The monoisotopic (exact) mass is 609 g/mol. The molecule has 0 saturated carbocycles. The lowest BCUT2D eigenvalue weighted by Gasteiger charge is -2.40. The van der Waals surface area contributed by atoms with E-state index in [2.05, 4.69) is 0 Å². The second-order valence-electron chi connectivity index (χ2n) is 13.2. The Bertz CT molecular complexity index is 1620. The fourth-order valence-corrected chi connectivity index (χ4v) is 7.01. The number of ether oxygens (including phenoxy) is 1. The molecular weight excluding hydrogens is 570 g/mol. The summed E-state index contributed by atoms with van der Waals surface area (Å²) in [5.74, 6) is -1.66. The van der Waals surface area contributed by atoms with Crippen molar-refractivity contribution in [2.75, 3.05) is 11.4 Å². The lowest BCUT2D eigenvalue weighted by molar-refractivity contribution is -0.148. The number of nitrogens with zero attached hydrogens (tertiary/aromatic N) is 3. The van der Waals surface area contributed by atoms with Gasteiger partial charge in [-0.25, -0.2) is 4.79 Å². The number of hydrogen-bond donors (Lipinski definition) is 1. The van der Waals surface area contributed by atoms with Gasteiger partial charge in [0.2, 0.25) is 11.8 Å². The molecule has 0 unspecified atom stereocenters. The summed E-state index contributed by atoms with van der Waals surface area (Å²) in [6, 6.07) is 22.8. The normalized spacial score (nSPS) is 22.5. The quantitative estimate of drug-likeness (QED) is 0.428. The maximum absolute atomic E-state index is 14.6. The number of carbonyl (C=O) groups excluding carboxylic acids is 3. The first-order chi connectivity index (χ1) is 21.5. The molecule has 3 amide bonds. The molecule has 1 N–H and O–H groups in total. The van der Waals surface area contributed by atoms with Crippen LogP contribution in [-0.4, -0.2) is 69.1 Å². The van der Waals surface area contributed by atoms with E-state index in [4.69, 9.17) is 4.74 Å². The van der Waals surface area contributed by atoms with E-state index in [-0.39, 0.29) is 30.7 Å². The maximum atomic E-state index is 14.6. The summed E-state index contributed by atoms with van der Waals surface area (Å²) in [5.41, 5.74) is 3.75. The van der Waals surface area contributed by atoms with Gasteiger partial charge in [-0.15, -0.1) is 0 Å². The number of likely N-dealkylation sites (tertiary alicyclic amines) is 1. The van der Waals surface area contributed by atoms with Crippen LogP contribution in [0.1, 0.15) is 61.8 Å². The van der Waals surface area contributed by atoms with Crippen LogP contribution in [0, 0.1) is 0 Å². The molecule has 9 heteroatoms. The van der Waals surface area contributed by atoms with Crippen molar-refractivity contribution in [3.63, 3.8) is 0 Å². The topological polar surface area (TPSA) is 107 Å². The van der Waals surface area contributed by atoms with Crippen molar-refractivity contribution >= 4 is 29.6 Å². The molecule has 1 fully saturated rings. The van der Waals surface area contributed by atoms with Gasteiger partial charge in [0.15, 0.2) is 0 Å². The molecule has 3 aromatic rings. The lowest BCUT2D eigenvalue weighted by Crippen LogP contribution is -2.57. The van der Waals surface area contributed by atoms with Crippen LogP contribution in [0.2, 0.25) is 0 Å². The highest BCUT2D eigenvalue weighted by Gasteiger charge is 2.49. The smallest absolute Gasteiger partial charge is 0.415 e. The predicted molar refractivity (Wildman–Crippen MR) is 169 cm³/mol. The Hall–Kier alpha value is -4.66. The lowest BCUT2D eigenvalue weighted by atomic mass is 9.90. The van der Waals surface area contributed by atoms with Gasteiger partial charge in [-0.2, -0.15) is 0 Å². The SMILES string of the molecule is CC(C)(C)OC(=O)N1c2ccccc2C[C@@H]1C(=O)N1C[C@H](c2ccccc2)C[C@@H]1C(=O)N1Cc2ccccc2C[C@@H]1CC(=O)O. The number of carboxylic acids is 1. The summed E-state index contributed by atoms with van der Waals surface area (Å²) in [5, 5.41) is 9.75. The molecule has 3 aliphatic heterocycles. The van der Waals surface area contributed by atoms with Crippen LogP contribution >= 0.6 is 0 Å². The predicted octanol–water partition coefficient (Wildman–Crippen LogP) is 5.17. The highest BCUT2D eigenvalue weighted by atomic mass is 16.6. The number of hydrogen-bond acceptors (Lipinski definition) is 5. The van der Waals surface area contributed by atoms with Crippen molar-refractivity contribution in [3.05, 3.63) is 101 Å². The summed E-state index contributed by atoms with van der Waals surface area (Å²) >= 11 is 0. The third-order valence-corrected chi connectivity index (χ3v) is 9.04. The first-order valence-corrected chi connectivity index (χ1v) is 15.5. The molecule has 234 valence electrons. The van der Waals surface area contributed by atoms with Crippen LogP contribution in [0.4, 0.5) is 10.5 Å². The van der Waals surface area contributed by atoms with Crippen molar-refractivity contribution in [2.24, 2.45) is 0 Å². The van der Waals surface area contributed by atoms with Gasteiger partial charge >= 0.3 is 12.1 Å². The molecule has 9 nitrogen and oxygen atoms in total. The van der Waals surface area contributed by atoms with Gasteiger partial charge in [0.25, 0.3) is 0 Å². The van der Waals surface area contributed by atoms with Gasteiger partial charge in [0, 0.05) is 31.5 Å². The van der Waals surface area contributed by atoms with Crippen LogP contribution in [0.3, 0.4) is 0 Å². The number of carbonyl (C=O) groups is 4. The number of rotatable bonds is 5. The number of fused-ring (bicyclic) bond motifs is 2. The zero-order valence-corrected chi connectivity index (χ0v) is 25.9. The van der Waals surface area contributed by atoms with E-state index in [0.717, 1.165) is 22.3 Å². The third kappa shape index (κ3) is 6.16. The molecule has 0 aliphatic carbocycles. The number of benzene rings is 3. The zero-order chi connectivity index (χ0) is 31.9. The largest absolute Gasteiger partial charge is 0.481 e. The Labute approximate surface area is 263 Å². The van der Waals surface area contributed by atoms with Crippen LogP contribution in [0.25, 0.3) is 0 Å². The van der Waals surface area contributed by atoms with E-state index in [9.17, 15) is 24.3 Å². The number of para-hydroxylation sites is 1. The number of aliphatic carboxylic acids is 1. The minimum atomic E-state index is -0.976. The van der Waals surface area contributed by atoms with E-state index < -0.39 is 35.8 Å². The minimum absolute atomic E-state index is 0.0992. The van der Waals surface area contributed by atoms with Crippen molar-refractivity contribution in [1.82, 2.24) is 9.80 Å². The summed E-state index contributed by atoms with van der Waals surface area (Å²) in [6.07, 6.45) is 0.342. The minimum Gasteiger partial charge on any atom is -0.481 e. The van der Waals surface area contributed by atoms with Gasteiger partial charge in [-0.1, -0.05) is 72.8 Å². The van der Waals surface area contributed by atoms with E-state index in [0.29, 0.717) is 31.5 Å². The molecule has 3 heterocycles. The van der Waals surface area contributed by atoms with Crippen molar-refractivity contribution in [1.29, 1.82) is 0 Å². The Balaban J connectivity index is 1.35. The van der Waals surface area contributed by atoms with E-state index in [1.807, 2.05) is 78.9 Å². The standard InChI is InChI=1S/C36H39N3O6/c1-36(2,3)45-35(44)39-29-16-10-9-14-25(29)18-31(39)34(43)38-22-27(23-11-5-4-6-12-23)19-30(38)33(42)37-21-26-15-8-7-13-24(26)17-28(37)20-32(40)41/h4-16,27-28,30-31H,17-22H2,1-3H3,(H,40,41)/t27-,28-,30-,31-/m1/s1. The van der Waals surface area contributed by atoms with Gasteiger partial charge in [0.1, 0.15) is 17.7 Å². The average molecular weight is 610 g/mol. The second-order valence-corrected chi connectivity index (χ2v) is 13.2. The van der Waals surface area contributed by atoms with Crippen LogP contribution < -0.4 is 4.90 Å². The highest BCUT2D eigenvalue weighted by Crippen LogP contribution is 2.39. The number of carboxylic acid groups (broad SMARTS) is 1. The zero-order valence-electron chi connectivity index (χ0n) is 25.9. The van der Waals surface area contributed by atoms with Gasteiger partial charge in [0.05, 0.1) is 12.1 Å². The van der Waals surface area contributed by atoms with Gasteiger partial charge in [-0.05, 0) is 61.9 Å². The average Bonchev–Trinajstić information content (AvgIpc) is 3.62. The third-order valence-electron chi connectivity index (χ3n) is 9.04. The molecule has 3 aromatic carbocycles. The molecule has 45 heavy (non-hydrogen) atoms. The molecule has 0 spiro atoms. The van der Waals surface area contributed by atoms with Crippen LogP contribution in [0.5, 0.6) is 0 Å².